The average molecular weight is 142 g/mol. The largest absolute Gasteiger partial charge is 0.393 e. The molecule has 1 heteroatoms. The topological polar surface area (TPSA) is 20.2 Å². The van der Waals surface area contributed by atoms with Crippen molar-refractivity contribution in [1.29, 1.82) is 0 Å². The van der Waals surface area contributed by atoms with E-state index in [1.54, 1.807) is 0 Å². The molecule has 0 unspecified atom stereocenters. The first-order chi connectivity index (χ1) is 4.70. The van der Waals surface area contributed by atoms with Gasteiger partial charge in [0.25, 0.3) is 0 Å². The third-order valence-corrected chi connectivity index (χ3v) is 2.21. The van der Waals surface area contributed by atoms with Gasteiger partial charge in [-0.05, 0) is 37.5 Å². The first-order valence-corrected chi connectivity index (χ1v) is 4.38. The molecule has 1 atom stereocenters. The average Bonchev–Trinajstić information content (AvgIpc) is 2.63. The second-order valence-electron chi connectivity index (χ2n) is 3.88. The molecule has 0 aromatic heterocycles. The van der Waals surface area contributed by atoms with Crippen LogP contribution in [0.3, 0.4) is 0 Å². The summed E-state index contributed by atoms with van der Waals surface area (Å²) in [6.45, 7) is 4.42. The Morgan fingerprint density at radius 1 is 1.30 bits per heavy atom. The summed E-state index contributed by atoms with van der Waals surface area (Å²) in [6.07, 6.45) is 4.74. The molecule has 1 aliphatic rings. The molecule has 0 saturated heterocycles. The summed E-state index contributed by atoms with van der Waals surface area (Å²) >= 11 is 0. The molecule has 0 aliphatic heterocycles. The molecule has 60 valence electrons. The van der Waals surface area contributed by atoms with Crippen molar-refractivity contribution in [3.63, 3.8) is 0 Å². The summed E-state index contributed by atoms with van der Waals surface area (Å²) in [5, 5.41) is 9.44. The predicted molar refractivity (Wildman–Crippen MR) is 42.8 cm³/mol. The lowest BCUT2D eigenvalue weighted by atomic mass is 10.0. The van der Waals surface area contributed by atoms with E-state index in [-0.39, 0.29) is 6.10 Å². The quantitative estimate of drug-likeness (QED) is 0.638. The van der Waals surface area contributed by atoms with Crippen molar-refractivity contribution < 1.29 is 5.11 Å². The Hall–Kier alpha value is -0.0400. The maximum atomic E-state index is 9.44. The first-order valence-electron chi connectivity index (χ1n) is 4.38. The zero-order valence-corrected chi connectivity index (χ0v) is 7.01. The second kappa shape index (κ2) is 3.38. The standard InChI is InChI=1S/C9H18O/c1-7(2)3-6-9(10)8-4-5-8/h7-10H,3-6H2,1-2H3/t9-/m0/s1. The number of rotatable bonds is 4. The molecular formula is C9H18O. The second-order valence-corrected chi connectivity index (χ2v) is 3.88. The normalized spacial score (nSPS) is 21.6. The molecular weight excluding hydrogens is 124 g/mol. The smallest absolute Gasteiger partial charge is 0.0568 e. The van der Waals surface area contributed by atoms with Gasteiger partial charge in [-0.25, -0.2) is 0 Å². The minimum Gasteiger partial charge on any atom is -0.393 e. The highest BCUT2D eigenvalue weighted by molar-refractivity contribution is 4.80. The Morgan fingerprint density at radius 3 is 2.30 bits per heavy atom. The summed E-state index contributed by atoms with van der Waals surface area (Å²) in [4.78, 5) is 0. The van der Waals surface area contributed by atoms with Gasteiger partial charge in [-0.2, -0.15) is 0 Å². The predicted octanol–water partition coefficient (Wildman–Crippen LogP) is 2.19. The van der Waals surface area contributed by atoms with Crippen LogP contribution >= 0.6 is 0 Å². The molecule has 0 aromatic carbocycles. The Kier molecular flexibility index (Phi) is 2.72. The lowest BCUT2D eigenvalue weighted by Gasteiger charge is -2.09. The van der Waals surface area contributed by atoms with E-state index in [0.29, 0.717) is 5.92 Å². The van der Waals surface area contributed by atoms with Crippen molar-refractivity contribution in [3.05, 3.63) is 0 Å². The van der Waals surface area contributed by atoms with Crippen molar-refractivity contribution >= 4 is 0 Å². The number of hydrogen-bond acceptors (Lipinski definition) is 1. The van der Waals surface area contributed by atoms with Crippen LogP contribution in [0.2, 0.25) is 0 Å². The van der Waals surface area contributed by atoms with Crippen LogP contribution < -0.4 is 0 Å². The number of aliphatic hydroxyl groups excluding tert-OH is 1. The molecule has 0 amide bonds. The van der Waals surface area contributed by atoms with Crippen LogP contribution in [-0.4, -0.2) is 11.2 Å². The Morgan fingerprint density at radius 2 is 1.90 bits per heavy atom. The van der Waals surface area contributed by atoms with Gasteiger partial charge in [0.05, 0.1) is 6.10 Å². The third-order valence-electron chi connectivity index (χ3n) is 2.21. The molecule has 0 bridgehead atoms. The van der Waals surface area contributed by atoms with Gasteiger partial charge in [-0.15, -0.1) is 0 Å². The van der Waals surface area contributed by atoms with Crippen molar-refractivity contribution in [2.24, 2.45) is 11.8 Å². The van der Waals surface area contributed by atoms with E-state index >= 15 is 0 Å². The fourth-order valence-electron chi connectivity index (χ4n) is 1.22. The number of aliphatic hydroxyl groups is 1. The molecule has 10 heavy (non-hydrogen) atoms. The molecule has 0 heterocycles. The van der Waals surface area contributed by atoms with E-state index < -0.39 is 0 Å². The maximum Gasteiger partial charge on any atom is 0.0568 e. The van der Waals surface area contributed by atoms with Crippen LogP contribution in [0.1, 0.15) is 39.5 Å². The first kappa shape index (κ1) is 8.06. The van der Waals surface area contributed by atoms with Crippen molar-refractivity contribution in [2.45, 2.75) is 45.6 Å². The molecule has 1 fully saturated rings. The van der Waals surface area contributed by atoms with Crippen molar-refractivity contribution in [1.82, 2.24) is 0 Å². The van der Waals surface area contributed by atoms with Gasteiger partial charge in [0.1, 0.15) is 0 Å². The van der Waals surface area contributed by atoms with Crippen LogP contribution in [0.4, 0.5) is 0 Å². The molecule has 1 aliphatic carbocycles. The fourth-order valence-corrected chi connectivity index (χ4v) is 1.22. The lowest BCUT2D eigenvalue weighted by Crippen LogP contribution is -2.09. The molecule has 0 spiro atoms. The summed E-state index contributed by atoms with van der Waals surface area (Å²) in [5.41, 5.74) is 0. The van der Waals surface area contributed by atoms with Gasteiger partial charge in [0, 0.05) is 0 Å². The fraction of sp³-hybridized carbons (Fsp3) is 1.00. The van der Waals surface area contributed by atoms with Gasteiger partial charge >= 0.3 is 0 Å². The van der Waals surface area contributed by atoms with Gasteiger partial charge < -0.3 is 5.11 Å². The minimum absolute atomic E-state index is 0.0161. The molecule has 1 rings (SSSR count). The van der Waals surface area contributed by atoms with E-state index in [4.69, 9.17) is 0 Å². The Bertz CT molecular complexity index is 94.9. The number of hydrogen-bond donors (Lipinski definition) is 1. The SMILES string of the molecule is CC(C)CC[C@H](O)C1CC1. The molecule has 1 nitrogen and oxygen atoms in total. The molecule has 0 radical (unpaired) electrons. The van der Waals surface area contributed by atoms with Crippen molar-refractivity contribution in [2.75, 3.05) is 0 Å². The highest BCUT2D eigenvalue weighted by atomic mass is 16.3. The molecule has 0 aromatic rings. The van der Waals surface area contributed by atoms with Gasteiger partial charge in [0.2, 0.25) is 0 Å². The zero-order chi connectivity index (χ0) is 7.56. The highest BCUT2D eigenvalue weighted by Gasteiger charge is 2.28. The Labute approximate surface area is 63.4 Å². The monoisotopic (exact) mass is 142 g/mol. The summed E-state index contributed by atoms with van der Waals surface area (Å²) in [5.74, 6) is 1.41. The van der Waals surface area contributed by atoms with Crippen LogP contribution in [-0.2, 0) is 0 Å². The van der Waals surface area contributed by atoms with Crippen LogP contribution in [0.15, 0.2) is 0 Å². The highest BCUT2D eigenvalue weighted by Crippen LogP contribution is 2.34. The summed E-state index contributed by atoms with van der Waals surface area (Å²) < 4.78 is 0. The lowest BCUT2D eigenvalue weighted by molar-refractivity contribution is 0.134. The maximum absolute atomic E-state index is 9.44. The zero-order valence-electron chi connectivity index (χ0n) is 7.01. The summed E-state index contributed by atoms with van der Waals surface area (Å²) in [6, 6.07) is 0. The van der Waals surface area contributed by atoms with E-state index in [2.05, 4.69) is 13.8 Å². The van der Waals surface area contributed by atoms with E-state index in [1.807, 2.05) is 0 Å². The van der Waals surface area contributed by atoms with E-state index in [1.165, 1.54) is 19.3 Å². The minimum atomic E-state index is 0.0161. The Balaban J connectivity index is 2.00. The van der Waals surface area contributed by atoms with Gasteiger partial charge in [0.15, 0.2) is 0 Å². The van der Waals surface area contributed by atoms with Crippen LogP contribution in [0.5, 0.6) is 0 Å². The van der Waals surface area contributed by atoms with Crippen LogP contribution in [0, 0.1) is 11.8 Å². The molecule has 1 saturated carbocycles. The molecule has 1 N–H and O–H groups in total. The van der Waals surface area contributed by atoms with Gasteiger partial charge in [-0.3, -0.25) is 0 Å². The third kappa shape index (κ3) is 2.70. The van der Waals surface area contributed by atoms with E-state index in [9.17, 15) is 5.11 Å². The van der Waals surface area contributed by atoms with Gasteiger partial charge in [-0.1, -0.05) is 13.8 Å². The summed E-state index contributed by atoms with van der Waals surface area (Å²) in [7, 11) is 0. The van der Waals surface area contributed by atoms with Crippen molar-refractivity contribution in [3.8, 4) is 0 Å². The van der Waals surface area contributed by atoms with E-state index in [0.717, 1.165) is 12.3 Å². The van der Waals surface area contributed by atoms with Crippen LogP contribution in [0.25, 0.3) is 0 Å².